The van der Waals surface area contributed by atoms with E-state index in [0.717, 1.165) is 30.0 Å². The summed E-state index contributed by atoms with van der Waals surface area (Å²) in [4.78, 5) is 2.53. The van der Waals surface area contributed by atoms with E-state index in [0.29, 0.717) is 34.3 Å². The quantitative estimate of drug-likeness (QED) is 0.576. The summed E-state index contributed by atoms with van der Waals surface area (Å²) in [5.74, 6) is 0.793. The summed E-state index contributed by atoms with van der Waals surface area (Å²) in [6.07, 6.45) is 2.54. The molecule has 0 unspecified atom stereocenters. The second kappa shape index (κ2) is 9.99. The summed E-state index contributed by atoms with van der Waals surface area (Å²) in [5, 5.41) is 5.48. The van der Waals surface area contributed by atoms with E-state index in [1.807, 2.05) is 36.4 Å². The van der Waals surface area contributed by atoms with Crippen molar-refractivity contribution in [3.05, 3.63) is 62.6 Å². The van der Waals surface area contributed by atoms with Gasteiger partial charge in [-0.2, -0.15) is 0 Å². The van der Waals surface area contributed by atoms with Crippen LogP contribution in [0.15, 0.2) is 36.4 Å². The Morgan fingerprint density at radius 1 is 1.15 bits per heavy atom. The van der Waals surface area contributed by atoms with Crippen LogP contribution in [0, 0.1) is 0 Å². The lowest BCUT2D eigenvalue weighted by Crippen LogP contribution is -2.37. The minimum absolute atomic E-state index is 0.319. The highest BCUT2D eigenvalue weighted by Gasteiger charge is 2.22. The number of likely N-dealkylation sites (N-methyl/N-ethyl adjacent to an activating group) is 1. The molecule has 1 saturated heterocycles. The monoisotopic (exact) mass is 426 g/mol. The zero-order chi connectivity index (χ0) is 19.2. The number of ether oxygens (including phenoxy) is 1. The lowest BCUT2D eigenvalue weighted by atomic mass is 10.1. The number of rotatable bonds is 8. The van der Waals surface area contributed by atoms with Gasteiger partial charge in [0.05, 0.1) is 0 Å². The minimum Gasteiger partial charge on any atom is -0.488 e. The van der Waals surface area contributed by atoms with Crippen LogP contribution in [-0.2, 0) is 13.2 Å². The van der Waals surface area contributed by atoms with Crippen LogP contribution < -0.4 is 10.1 Å². The zero-order valence-corrected chi connectivity index (χ0v) is 17.7. The highest BCUT2D eigenvalue weighted by molar-refractivity contribution is 6.36. The smallest absolute Gasteiger partial charge is 0.124 e. The third-order valence-corrected chi connectivity index (χ3v) is 6.00. The molecule has 0 bridgehead atoms. The molecule has 1 aliphatic rings. The molecule has 27 heavy (non-hydrogen) atoms. The van der Waals surface area contributed by atoms with E-state index in [4.69, 9.17) is 39.5 Å². The minimum atomic E-state index is 0.319. The van der Waals surface area contributed by atoms with Crippen molar-refractivity contribution < 1.29 is 4.74 Å². The van der Waals surface area contributed by atoms with E-state index in [9.17, 15) is 0 Å². The fourth-order valence-electron chi connectivity index (χ4n) is 3.56. The topological polar surface area (TPSA) is 24.5 Å². The number of hydrogen-bond donors (Lipinski definition) is 1. The third-order valence-electron chi connectivity index (χ3n) is 5.06. The van der Waals surface area contributed by atoms with Crippen LogP contribution in [0.3, 0.4) is 0 Å². The summed E-state index contributed by atoms with van der Waals surface area (Å²) in [7, 11) is 0. The molecule has 3 rings (SSSR count). The van der Waals surface area contributed by atoms with E-state index in [1.165, 1.54) is 19.4 Å². The number of benzene rings is 2. The maximum atomic E-state index is 6.24. The molecule has 0 spiro atoms. The van der Waals surface area contributed by atoms with Crippen molar-refractivity contribution in [1.82, 2.24) is 10.2 Å². The van der Waals surface area contributed by atoms with Crippen LogP contribution in [0.2, 0.25) is 15.1 Å². The predicted octanol–water partition coefficient (Wildman–Crippen LogP) is 5.80. The van der Waals surface area contributed by atoms with Crippen molar-refractivity contribution in [2.24, 2.45) is 0 Å². The Balaban J connectivity index is 1.62. The van der Waals surface area contributed by atoms with Crippen LogP contribution in [-0.4, -0.2) is 30.6 Å². The summed E-state index contributed by atoms with van der Waals surface area (Å²) in [6.45, 7) is 6.53. The first-order chi connectivity index (χ1) is 13.1. The molecular weight excluding hydrogens is 403 g/mol. The van der Waals surface area contributed by atoms with Gasteiger partial charge in [0.2, 0.25) is 0 Å². The van der Waals surface area contributed by atoms with Crippen LogP contribution in [0.25, 0.3) is 0 Å². The van der Waals surface area contributed by atoms with Gasteiger partial charge in [0, 0.05) is 45.3 Å². The normalized spacial score (nSPS) is 17.4. The van der Waals surface area contributed by atoms with Crippen LogP contribution in [0.1, 0.15) is 30.9 Å². The third kappa shape index (κ3) is 5.52. The molecule has 0 amide bonds. The molecule has 1 heterocycles. The standard InChI is InChI=1S/C21H25Cl3N2O/c1-2-26-10-4-5-17(26)13-25-12-15-11-16(22)8-9-21(15)27-14-18-19(23)6-3-7-20(18)24/h3,6-9,11,17,25H,2,4-5,10,12-14H2,1H3/t17-/m1/s1. The van der Waals surface area contributed by atoms with Gasteiger partial charge < -0.3 is 10.1 Å². The van der Waals surface area contributed by atoms with Crippen LogP contribution >= 0.6 is 34.8 Å². The largest absolute Gasteiger partial charge is 0.488 e. The first-order valence-electron chi connectivity index (χ1n) is 9.37. The molecule has 6 heteroatoms. The fraction of sp³-hybridized carbons (Fsp3) is 0.429. The van der Waals surface area contributed by atoms with Gasteiger partial charge in [-0.25, -0.2) is 0 Å². The molecule has 1 atom stereocenters. The lowest BCUT2D eigenvalue weighted by Gasteiger charge is -2.23. The number of nitrogens with zero attached hydrogens (tertiary/aromatic N) is 1. The molecule has 1 fully saturated rings. The van der Waals surface area contributed by atoms with E-state index < -0.39 is 0 Å². The van der Waals surface area contributed by atoms with Crippen molar-refractivity contribution in [3.8, 4) is 5.75 Å². The van der Waals surface area contributed by atoms with Gasteiger partial charge in [0.1, 0.15) is 12.4 Å². The Hall–Kier alpha value is -0.970. The van der Waals surface area contributed by atoms with Gasteiger partial charge in [-0.15, -0.1) is 0 Å². The van der Waals surface area contributed by atoms with Crippen molar-refractivity contribution >= 4 is 34.8 Å². The maximum Gasteiger partial charge on any atom is 0.124 e. The Morgan fingerprint density at radius 3 is 2.67 bits per heavy atom. The van der Waals surface area contributed by atoms with E-state index in [2.05, 4.69) is 17.1 Å². The Labute approximate surface area is 176 Å². The summed E-state index contributed by atoms with van der Waals surface area (Å²) in [5.41, 5.74) is 1.82. The van der Waals surface area contributed by atoms with Crippen molar-refractivity contribution in [2.75, 3.05) is 19.6 Å². The lowest BCUT2D eigenvalue weighted by molar-refractivity contribution is 0.259. The molecule has 2 aromatic rings. The molecule has 0 aliphatic carbocycles. The van der Waals surface area contributed by atoms with E-state index in [-0.39, 0.29) is 0 Å². The van der Waals surface area contributed by atoms with Gasteiger partial charge in [-0.3, -0.25) is 4.90 Å². The number of nitrogens with one attached hydrogen (secondary N) is 1. The molecule has 0 saturated carbocycles. The predicted molar refractivity (Wildman–Crippen MR) is 114 cm³/mol. The summed E-state index contributed by atoms with van der Waals surface area (Å²) in [6, 6.07) is 11.8. The average Bonchev–Trinajstić information content (AvgIpc) is 3.10. The van der Waals surface area contributed by atoms with Crippen molar-refractivity contribution in [1.29, 1.82) is 0 Å². The summed E-state index contributed by atoms with van der Waals surface area (Å²) < 4.78 is 6.03. The Bertz CT molecular complexity index is 749. The first kappa shape index (κ1) is 20.8. The Kier molecular flexibility index (Phi) is 7.68. The number of likely N-dealkylation sites (tertiary alicyclic amines) is 1. The fourth-order valence-corrected chi connectivity index (χ4v) is 4.26. The van der Waals surface area contributed by atoms with Gasteiger partial charge >= 0.3 is 0 Å². The summed E-state index contributed by atoms with van der Waals surface area (Å²) >= 11 is 18.7. The van der Waals surface area contributed by atoms with Gasteiger partial charge in [-0.05, 0) is 56.3 Å². The zero-order valence-electron chi connectivity index (χ0n) is 15.5. The van der Waals surface area contributed by atoms with Crippen molar-refractivity contribution in [2.45, 2.75) is 39.0 Å². The highest BCUT2D eigenvalue weighted by atomic mass is 35.5. The van der Waals surface area contributed by atoms with E-state index >= 15 is 0 Å². The molecule has 0 aromatic heterocycles. The highest BCUT2D eigenvalue weighted by Crippen LogP contribution is 2.28. The van der Waals surface area contributed by atoms with Gasteiger partial charge in [-0.1, -0.05) is 47.8 Å². The molecule has 0 radical (unpaired) electrons. The molecule has 146 valence electrons. The first-order valence-corrected chi connectivity index (χ1v) is 10.5. The average molecular weight is 428 g/mol. The molecule has 3 nitrogen and oxygen atoms in total. The van der Waals surface area contributed by atoms with Gasteiger partial charge in [0.25, 0.3) is 0 Å². The molecule has 1 N–H and O–H groups in total. The van der Waals surface area contributed by atoms with E-state index in [1.54, 1.807) is 0 Å². The van der Waals surface area contributed by atoms with Gasteiger partial charge in [0.15, 0.2) is 0 Å². The second-order valence-electron chi connectivity index (χ2n) is 6.80. The molecular formula is C21H25Cl3N2O. The number of hydrogen-bond acceptors (Lipinski definition) is 3. The molecule has 1 aliphatic heterocycles. The maximum absolute atomic E-state index is 6.24. The van der Waals surface area contributed by atoms with Crippen LogP contribution in [0.5, 0.6) is 5.75 Å². The number of halogens is 3. The Morgan fingerprint density at radius 2 is 1.93 bits per heavy atom. The second-order valence-corrected chi connectivity index (χ2v) is 8.05. The van der Waals surface area contributed by atoms with Crippen LogP contribution in [0.4, 0.5) is 0 Å². The van der Waals surface area contributed by atoms with Crippen molar-refractivity contribution in [3.63, 3.8) is 0 Å². The SMILES string of the molecule is CCN1CCC[C@@H]1CNCc1cc(Cl)ccc1OCc1c(Cl)cccc1Cl. The molecule has 2 aromatic carbocycles.